The van der Waals surface area contributed by atoms with E-state index in [1.165, 1.54) is 0 Å². The van der Waals surface area contributed by atoms with Gasteiger partial charge in [-0.15, -0.1) is 0 Å². The van der Waals surface area contributed by atoms with Gasteiger partial charge in [-0.3, -0.25) is 4.55 Å². The maximum atomic E-state index is 10.7. The molecule has 0 amide bonds. The predicted octanol–water partition coefficient (Wildman–Crippen LogP) is 1.16. The standard InChI is InChI=1S/C10H15NO4S/c1-8(11-2)10(15-16(12,13)14)9-6-4-3-5-7-9/h3-8,10-11H,1-2H3,(H,12,13,14)/t8-,10-/m0/s1. The third-order valence-electron chi connectivity index (χ3n) is 2.26. The molecule has 1 aromatic rings. The van der Waals surface area contributed by atoms with Crippen LogP contribution in [-0.2, 0) is 14.6 Å². The molecule has 2 N–H and O–H groups in total. The molecular formula is C10H15NO4S. The molecule has 16 heavy (non-hydrogen) atoms. The van der Waals surface area contributed by atoms with E-state index >= 15 is 0 Å². The highest BCUT2D eigenvalue weighted by Gasteiger charge is 2.24. The second-order valence-corrected chi connectivity index (χ2v) is 4.48. The molecule has 0 heterocycles. The summed E-state index contributed by atoms with van der Waals surface area (Å²) in [5.41, 5.74) is 0.682. The van der Waals surface area contributed by atoms with E-state index in [9.17, 15) is 8.42 Å². The zero-order chi connectivity index (χ0) is 12.2. The predicted molar refractivity (Wildman–Crippen MR) is 60.3 cm³/mol. The first kappa shape index (κ1) is 13.1. The molecule has 0 unspecified atom stereocenters. The minimum atomic E-state index is -4.47. The fraction of sp³-hybridized carbons (Fsp3) is 0.400. The summed E-state index contributed by atoms with van der Waals surface area (Å²) in [7, 11) is -2.78. The molecule has 0 saturated carbocycles. The summed E-state index contributed by atoms with van der Waals surface area (Å²) >= 11 is 0. The first-order valence-electron chi connectivity index (χ1n) is 4.82. The highest BCUT2D eigenvalue weighted by atomic mass is 32.3. The molecule has 5 nitrogen and oxygen atoms in total. The van der Waals surface area contributed by atoms with Gasteiger partial charge in [0.2, 0.25) is 0 Å². The minimum absolute atomic E-state index is 0.246. The normalized spacial score (nSPS) is 15.7. The highest BCUT2D eigenvalue weighted by Crippen LogP contribution is 2.22. The van der Waals surface area contributed by atoms with E-state index < -0.39 is 16.5 Å². The van der Waals surface area contributed by atoms with Crippen LogP contribution in [0.1, 0.15) is 18.6 Å². The molecular weight excluding hydrogens is 230 g/mol. The Bertz CT molecular complexity index is 418. The van der Waals surface area contributed by atoms with Gasteiger partial charge in [0, 0.05) is 6.04 Å². The monoisotopic (exact) mass is 245 g/mol. The van der Waals surface area contributed by atoms with Crippen molar-refractivity contribution >= 4 is 10.4 Å². The van der Waals surface area contributed by atoms with Crippen LogP contribution in [0, 0.1) is 0 Å². The Labute approximate surface area is 95.4 Å². The molecule has 6 heteroatoms. The van der Waals surface area contributed by atoms with Crippen molar-refractivity contribution in [1.29, 1.82) is 0 Å². The topological polar surface area (TPSA) is 75.6 Å². The molecule has 0 radical (unpaired) electrons. The van der Waals surface area contributed by atoms with Gasteiger partial charge >= 0.3 is 10.4 Å². The lowest BCUT2D eigenvalue weighted by molar-refractivity contribution is 0.151. The fourth-order valence-corrected chi connectivity index (χ4v) is 1.89. The molecule has 0 saturated heterocycles. The van der Waals surface area contributed by atoms with Crippen molar-refractivity contribution in [2.75, 3.05) is 7.05 Å². The Balaban J connectivity index is 2.97. The van der Waals surface area contributed by atoms with Crippen molar-refractivity contribution < 1.29 is 17.2 Å². The second-order valence-electron chi connectivity index (χ2n) is 3.43. The zero-order valence-corrected chi connectivity index (χ0v) is 9.94. The smallest absolute Gasteiger partial charge is 0.314 e. The molecule has 0 fully saturated rings. The Morgan fingerprint density at radius 3 is 2.31 bits per heavy atom. The molecule has 0 spiro atoms. The lowest BCUT2D eigenvalue weighted by atomic mass is 10.0. The van der Waals surface area contributed by atoms with Gasteiger partial charge in [-0.25, -0.2) is 4.18 Å². The average Bonchev–Trinajstić information content (AvgIpc) is 2.25. The van der Waals surface area contributed by atoms with Gasteiger partial charge in [-0.2, -0.15) is 8.42 Å². The Hall–Kier alpha value is -0.950. The van der Waals surface area contributed by atoms with Crippen LogP contribution in [0.25, 0.3) is 0 Å². The fourth-order valence-electron chi connectivity index (χ4n) is 1.35. The van der Waals surface area contributed by atoms with Crippen LogP contribution in [0.3, 0.4) is 0 Å². The summed E-state index contributed by atoms with van der Waals surface area (Å²) in [6.45, 7) is 1.77. The molecule has 0 aromatic heterocycles. The van der Waals surface area contributed by atoms with Crippen LogP contribution in [-0.4, -0.2) is 26.1 Å². The highest BCUT2D eigenvalue weighted by molar-refractivity contribution is 7.80. The Kier molecular flexibility index (Phi) is 4.43. The van der Waals surface area contributed by atoms with Crippen molar-refractivity contribution in [3.05, 3.63) is 35.9 Å². The maximum Gasteiger partial charge on any atom is 0.398 e. The van der Waals surface area contributed by atoms with Crippen molar-refractivity contribution in [2.45, 2.75) is 19.1 Å². The third kappa shape index (κ3) is 3.90. The van der Waals surface area contributed by atoms with E-state index in [-0.39, 0.29) is 6.04 Å². The van der Waals surface area contributed by atoms with Gasteiger partial charge in [0.25, 0.3) is 0 Å². The summed E-state index contributed by atoms with van der Waals surface area (Å²) in [6, 6.07) is 8.60. The van der Waals surface area contributed by atoms with Crippen LogP contribution in [0.2, 0.25) is 0 Å². The minimum Gasteiger partial charge on any atom is -0.314 e. The SMILES string of the molecule is CN[C@@H](C)[C@H](OS(=O)(=O)O)c1ccccc1. The van der Waals surface area contributed by atoms with E-state index in [0.717, 1.165) is 0 Å². The second kappa shape index (κ2) is 5.40. The Morgan fingerprint density at radius 1 is 1.31 bits per heavy atom. The van der Waals surface area contributed by atoms with E-state index in [0.29, 0.717) is 5.56 Å². The molecule has 0 aliphatic rings. The van der Waals surface area contributed by atoms with Gasteiger partial charge in [-0.05, 0) is 19.5 Å². The summed E-state index contributed by atoms with van der Waals surface area (Å²) in [5, 5.41) is 2.89. The number of hydrogen-bond donors (Lipinski definition) is 2. The number of rotatable bonds is 5. The van der Waals surface area contributed by atoms with E-state index in [4.69, 9.17) is 4.55 Å². The van der Waals surface area contributed by atoms with Crippen LogP contribution in [0.4, 0.5) is 0 Å². The van der Waals surface area contributed by atoms with Gasteiger partial charge in [0.15, 0.2) is 0 Å². The zero-order valence-electron chi connectivity index (χ0n) is 9.12. The lowest BCUT2D eigenvalue weighted by Crippen LogP contribution is -2.32. The van der Waals surface area contributed by atoms with E-state index in [1.807, 2.05) is 6.07 Å². The number of hydrogen-bond acceptors (Lipinski definition) is 4. The lowest BCUT2D eigenvalue weighted by Gasteiger charge is -2.22. The quantitative estimate of drug-likeness (QED) is 0.761. The van der Waals surface area contributed by atoms with Crippen molar-refractivity contribution in [1.82, 2.24) is 5.32 Å². The molecule has 2 atom stereocenters. The summed E-state index contributed by atoms with van der Waals surface area (Å²) in [6.07, 6.45) is -0.749. The molecule has 0 aliphatic heterocycles. The average molecular weight is 245 g/mol. The van der Waals surface area contributed by atoms with Crippen LogP contribution in [0.15, 0.2) is 30.3 Å². The van der Waals surface area contributed by atoms with Gasteiger partial charge in [0.05, 0.1) is 0 Å². The number of benzene rings is 1. The summed E-state index contributed by atoms with van der Waals surface area (Å²) in [4.78, 5) is 0. The molecule has 0 bridgehead atoms. The van der Waals surface area contributed by atoms with E-state index in [2.05, 4.69) is 9.50 Å². The van der Waals surface area contributed by atoms with Gasteiger partial charge in [0.1, 0.15) is 6.10 Å². The third-order valence-corrected chi connectivity index (χ3v) is 2.71. The first-order chi connectivity index (χ1) is 7.44. The summed E-state index contributed by atoms with van der Waals surface area (Å²) in [5.74, 6) is 0. The van der Waals surface area contributed by atoms with Crippen LogP contribution < -0.4 is 5.32 Å². The molecule has 1 aromatic carbocycles. The number of nitrogens with one attached hydrogen (secondary N) is 1. The van der Waals surface area contributed by atoms with Crippen LogP contribution in [0.5, 0.6) is 0 Å². The van der Waals surface area contributed by atoms with Gasteiger partial charge in [-0.1, -0.05) is 30.3 Å². The van der Waals surface area contributed by atoms with Gasteiger partial charge < -0.3 is 5.32 Å². The van der Waals surface area contributed by atoms with Crippen molar-refractivity contribution in [3.8, 4) is 0 Å². The van der Waals surface area contributed by atoms with Crippen LogP contribution >= 0.6 is 0 Å². The molecule has 1 rings (SSSR count). The Morgan fingerprint density at radius 2 is 1.88 bits per heavy atom. The molecule has 0 aliphatic carbocycles. The largest absolute Gasteiger partial charge is 0.398 e. The molecule has 90 valence electrons. The van der Waals surface area contributed by atoms with Crippen molar-refractivity contribution in [2.24, 2.45) is 0 Å². The summed E-state index contributed by atoms with van der Waals surface area (Å²) < 4.78 is 34.8. The maximum absolute atomic E-state index is 10.7. The first-order valence-corrected chi connectivity index (χ1v) is 6.18. The van der Waals surface area contributed by atoms with E-state index in [1.54, 1.807) is 38.2 Å². The van der Waals surface area contributed by atoms with Crippen molar-refractivity contribution in [3.63, 3.8) is 0 Å². The number of likely N-dealkylation sites (N-methyl/N-ethyl adjacent to an activating group) is 1.